The fourth-order valence-electron chi connectivity index (χ4n) is 3.30. The minimum Gasteiger partial charge on any atom is -0.495 e. The van der Waals surface area contributed by atoms with E-state index in [0.717, 1.165) is 5.56 Å². The molecular formula is C23H25Cl2N3O5. The number of aliphatic hydroxyl groups is 1. The van der Waals surface area contributed by atoms with Crippen LogP contribution < -0.4 is 20.7 Å². The minimum absolute atomic E-state index is 0.0639. The summed E-state index contributed by atoms with van der Waals surface area (Å²) in [6.45, 7) is -0.0335. The number of hydrogen-bond donors (Lipinski definition) is 4. The molecule has 0 radical (unpaired) electrons. The van der Waals surface area contributed by atoms with E-state index in [0.29, 0.717) is 28.0 Å². The number of para-hydroxylation sites is 2. The molecule has 3 atom stereocenters. The highest BCUT2D eigenvalue weighted by Gasteiger charge is 2.29. The van der Waals surface area contributed by atoms with E-state index in [9.17, 15) is 14.7 Å². The Morgan fingerprint density at radius 3 is 2.64 bits per heavy atom. The van der Waals surface area contributed by atoms with Crippen LogP contribution in [-0.4, -0.2) is 49.0 Å². The van der Waals surface area contributed by atoms with Crippen molar-refractivity contribution >= 4 is 40.8 Å². The predicted octanol–water partition coefficient (Wildman–Crippen LogP) is 3.51. The number of amides is 3. The van der Waals surface area contributed by atoms with E-state index >= 15 is 0 Å². The normalized spacial score (nSPS) is 19.6. The van der Waals surface area contributed by atoms with Crippen LogP contribution in [0.2, 0.25) is 10.0 Å². The fourth-order valence-corrected chi connectivity index (χ4v) is 3.62. The second-order valence-electron chi connectivity index (χ2n) is 7.33. The van der Waals surface area contributed by atoms with Gasteiger partial charge in [0, 0.05) is 6.54 Å². The molecule has 2 aromatic carbocycles. The molecule has 1 aliphatic heterocycles. The molecule has 0 saturated heterocycles. The zero-order valence-electron chi connectivity index (χ0n) is 17.9. The number of hydrogen-bond acceptors (Lipinski definition) is 5. The van der Waals surface area contributed by atoms with Gasteiger partial charge in [-0.3, -0.25) is 4.79 Å². The Hall–Kier alpha value is -2.78. The summed E-state index contributed by atoms with van der Waals surface area (Å²) in [5, 5.41) is 18.8. The molecule has 176 valence electrons. The number of nitrogens with one attached hydrogen (secondary N) is 3. The zero-order valence-corrected chi connectivity index (χ0v) is 19.4. The molecule has 1 aliphatic rings. The van der Waals surface area contributed by atoms with Crippen molar-refractivity contribution in [2.45, 2.75) is 31.2 Å². The van der Waals surface area contributed by atoms with Gasteiger partial charge in [0.15, 0.2) is 0 Å². The Morgan fingerprint density at radius 1 is 1.12 bits per heavy atom. The highest BCUT2D eigenvalue weighted by molar-refractivity contribution is 6.42. The summed E-state index contributed by atoms with van der Waals surface area (Å²) in [6, 6.07) is 11.1. The largest absolute Gasteiger partial charge is 0.495 e. The molecule has 0 unspecified atom stereocenters. The summed E-state index contributed by atoms with van der Waals surface area (Å²) in [7, 11) is 1.51. The lowest BCUT2D eigenvalue weighted by Crippen LogP contribution is -2.50. The zero-order chi connectivity index (χ0) is 23.8. The average Bonchev–Trinajstić information content (AvgIpc) is 2.81. The molecule has 3 rings (SSSR count). The van der Waals surface area contributed by atoms with Crippen LogP contribution >= 0.6 is 23.2 Å². The standard InChI is InChI=1S/C23H25Cl2N3O5/c1-32-20-5-3-2-4-18(20)27-23(31)28-19-9-7-15(33-21(19)13-29)11-22(30)26-12-14-6-8-16(24)17(25)10-14/h2-10,15,19,21,29H,11-13H2,1H3,(H,26,30)(H2,27,28,31)/t15-,19+,21+/m0/s1. The molecule has 0 aliphatic carbocycles. The van der Waals surface area contributed by atoms with Gasteiger partial charge in [-0.1, -0.05) is 53.6 Å². The summed E-state index contributed by atoms with van der Waals surface area (Å²) in [5.74, 6) is 0.293. The molecule has 0 fully saturated rings. The van der Waals surface area contributed by atoms with Crippen molar-refractivity contribution in [3.8, 4) is 5.75 Å². The smallest absolute Gasteiger partial charge is 0.319 e. The molecule has 10 heteroatoms. The maximum Gasteiger partial charge on any atom is 0.319 e. The maximum atomic E-state index is 12.4. The topological polar surface area (TPSA) is 109 Å². The number of carbonyl (C=O) groups excluding carboxylic acids is 2. The third-order valence-electron chi connectivity index (χ3n) is 4.98. The van der Waals surface area contributed by atoms with Crippen molar-refractivity contribution < 1.29 is 24.2 Å². The van der Waals surface area contributed by atoms with Crippen LogP contribution in [0.15, 0.2) is 54.6 Å². The van der Waals surface area contributed by atoms with Crippen LogP contribution in [0.5, 0.6) is 5.75 Å². The highest BCUT2D eigenvalue weighted by atomic mass is 35.5. The first-order chi connectivity index (χ1) is 15.9. The molecule has 0 spiro atoms. The van der Waals surface area contributed by atoms with Gasteiger partial charge in [0.25, 0.3) is 0 Å². The molecule has 0 bridgehead atoms. The average molecular weight is 494 g/mol. The number of ether oxygens (including phenoxy) is 2. The number of carbonyl (C=O) groups is 2. The van der Waals surface area contributed by atoms with Crippen molar-refractivity contribution in [3.63, 3.8) is 0 Å². The van der Waals surface area contributed by atoms with Gasteiger partial charge in [-0.15, -0.1) is 0 Å². The van der Waals surface area contributed by atoms with Crippen molar-refractivity contribution in [2.75, 3.05) is 19.0 Å². The summed E-state index contributed by atoms with van der Waals surface area (Å²) >= 11 is 11.9. The van der Waals surface area contributed by atoms with Crippen LogP contribution in [0.3, 0.4) is 0 Å². The van der Waals surface area contributed by atoms with E-state index in [-0.39, 0.29) is 18.9 Å². The molecule has 0 aromatic heterocycles. The molecule has 8 nitrogen and oxygen atoms in total. The third-order valence-corrected chi connectivity index (χ3v) is 5.72. The van der Waals surface area contributed by atoms with E-state index in [4.69, 9.17) is 32.7 Å². The first-order valence-corrected chi connectivity index (χ1v) is 11.0. The Labute approximate surface area is 201 Å². The van der Waals surface area contributed by atoms with Crippen molar-refractivity contribution in [1.82, 2.24) is 10.6 Å². The number of rotatable bonds is 8. The summed E-state index contributed by atoms with van der Waals surface area (Å²) < 4.78 is 11.0. The Morgan fingerprint density at radius 2 is 1.91 bits per heavy atom. The van der Waals surface area contributed by atoms with Crippen molar-refractivity contribution in [1.29, 1.82) is 0 Å². The van der Waals surface area contributed by atoms with Crippen molar-refractivity contribution in [2.24, 2.45) is 0 Å². The lowest BCUT2D eigenvalue weighted by Gasteiger charge is -2.31. The van der Waals surface area contributed by atoms with Crippen molar-refractivity contribution in [3.05, 3.63) is 70.2 Å². The quantitative estimate of drug-likeness (QED) is 0.420. The number of methoxy groups -OCH3 is 1. The summed E-state index contributed by atoms with van der Waals surface area (Å²) in [6.07, 6.45) is 2.23. The lowest BCUT2D eigenvalue weighted by molar-refractivity contribution is -0.125. The Balaban J connectivity index is 1.51. The van der Waals surface area contributed by atoms with Gasteiger partial charge in [-0.25, -0.2) is 4.79 Å². The van der Waals surface area contributed by atoms with Crippen LogP contribution in [0.1, 0.15) is 12.0 Å². The fraction of sp³-hybridized carbons (Fsp3) is 0.304. The third kappa shape index (κ3) is 7.10. The van der Waals surface area contributed by atoms with E-state index in [1.165, 1.54) is 7.11 Å². The van der Waals surface area contributed by atoms with Crippen LogP contribution in [0.4, 0.5) is 10.5 Å². The van der Waals surface area contributed by atoms with E-state index in [2.05, 4.69) is 16.0 Å². The second kappa shape index (κ2) is 11.9. The number of benzene rings is 2. The molecule has 4 N–H and O–H groups in total. The molecule has 33 heavy (non-hydrogen) atoms. The predicted molar refractivity (Wildman–Crippen MR) is 127 cm³/mol. The molecule has 1 heterocycles. The first kappa shape index (κ1) is 24.9. The van der Waals surface area contributed by atoms with Gasteiger partial charge in [0.05, 0.1) is 48.0 Å². The van der Waals surface area contributed by atoms with Gasteiger partial charge in [0.2, 0.25) is 5.91 Å². The molecule has 2 aromatic rings. The Kier molecular flexibility index (Phi) is 8.96. The minimum atomic E-state index is -0.703. The van der Waals surface area contributed by atoms with Crippen LogP contribution in [0, 0.1) is 0 Å². The lowest BCUT2D eigenvalue weighted by atomic mass is 10.0. The monoisotopic (exact) mass is 493 g/mol. The number of anilines is 1. The second-order valence-corrected chi connectivity index (χ2v) is 8.15. The van der Waals surface area contributed by atoms with Gasteiger partial charge >= 0.3 is 6.03 Å². The van der Waals surface area contributed by atoms with Crippen LogP contribution in [-0.2, 0) is 16.1 Å². The van der Waals surface area contributed by atoms with Gasteiger partial charge in [0.1, 0.15) is 11.9 Å². The van der Waals surface area contributed by atoms with E-state index < -0.39 is 24.3 Å². The van der Waals surface area contributed by atoms with Crippen LogP contribution in [0.25, 0.3) is 0 Å². The number of halogens is 2. The van der Waals surface area contributed by atoms with E-state index in [1.54, 1.807) is 54.6 Å². The first-order valence-electron chi connectivity index (χ1n) is 10.3. The molecule has 0 saturated carbocycles. The van der Waals surface area contributed by atoms with Gasteiger partial charge in [-0.05, 0) is 29.8 Å². The van der Waals surface area contributed by atoms with Gasteiger partial charge < -0.3 is 30.5 Å². The SMILES string of the molecule is COc1ccccc1NC(=O)N[C@@H]1C=C[C@@H](CC(=O)NCc2ccc(Cl)c(Cl)c2)O[C@@H]1CO. The highest BCUT2D eigenvalue weighted by Crippen LogP contribution is 2.24. The maximum absolute atomic E-state index is 12.4. The molecular weight excluding hydrogens is 469 g/mol. The Bertz CT molecular complexity index is 1020. The van der Waals surface area contributed by atoms with Gasteiger partial charge in [-0.2, -0.15) is 0 Å². The summed E-state index contributed by atoms with van der Waals surface area (Å²) in [5.41, 5.74) is 1.33. The number of aliphatic hydroxyl groups excluding tert-OH is 1. The number of urea groups is 1. The van der Waals surface area contributed by atoms with E-state index in [1.807, 2.05) is 0 Å². The summed E-state index contributed by atoms with van der Waals surface area (Å²) in [4.78, 5) is 24.7. The molecule has 3 amide bonds.